The van der Waals surface area contributed by atoms with Crippen LogP contribution in [0, 0.1) is 20.8 Å². The van der Waals surface area contributed by atoms with Gasteiger partial charge in [-0.05, 0) is 60.5 Å². The Morgan fingerprint density at radius 2 is 1.74 bits per heavy atom. The Kier molecular flexibility index (Phi) is 5.51. The molecule has 0 aliphatic rings. The maximum atomic E-state index is 12.7. The maximum Gasteiger partial charge on any atom is 0.442 e. The van der Waals surface area contributed by atoms with Gasteiger partial charge in [0.1, 0.15) is 0 Å². The molecule has 3 aromatic rings. The van der Waals surface area contributed by atoms with Crippen LogP contribution in [0.2, 0.25) is 0 Å². The van der Waals surface area contributed by atoms with Crippen LogP contribution in [0.4, 0.5) is 5.69 Å². The van der Waals surface area contributed by atoms with Gasteiger partial charge in [0.2, 0.25) is 11.6 Å². The Hall–Kier alpha value is -2.80. The van der Waals surface area contributed by atoms with Crippen LogP contribution >= 0.6 is 11.8 Å². The summed E-state index contributed by atoms with van der Waals surface area (Å²) in [6, 6.07) is 13.5. The average molecular weight is 384 g/mol. The lowest BCUT2D eigenvalue weighted by atomic mass is 10.1. The van der Waals surface area contributed by atoms with E-state index in [1.807, 2.05) is 63.2 Å². The van der Waals surface area contributed by atoms with Crippen LogP contribution in [0.25, 0.3) is 5.69 Å². The van der Waals surface area contributed by atoms with E-state index in [-0.39, 0.29) is 5.91 Å². The number of carbonyl (C=O) groups excluding carboxylic acids is 1. The standard InChI is InChI=1S/C20H21N3O3S/c1-12-8-10-16(11-9-12)23-19(20(25)26-22-23)27-15(4)18(24)21-17-13(2)6-5-7-14(17)3/h5-11,15H,1-4H3,(H-,21,22,24,25)/p+1. The van der Waals surface area contributed by atoms with E-state index in [0.717, 1.165) is 39.8 Å². The first kappa shape index (κ1) is 19.0. The van der Waals surface area contributed by atoms with E-state index < -0.39 is 10.9 Å². The summed E-state index contributed by atoms with van der Waals surface area (Å²) in [6.07, 6.45) is 0. The number of para-hydroxylation sites is 1. The van der Waals surface area contributed by atoms with Crippen LogP contribution in [0.5, 0.6) is 0 Å². The van der Waals surface area contributed by atoms with E-state index in [9.17, 15) is 9.59 Å². The minimum atomic E-state index is -0.507. The molecule has 2 N–H and O–H groups in total. The third kappa shape index (κ3) is 4.14. The molecule has 0 saturated heterocycles. The molecule has 140 valence electrons. The van der Waals surface area contributed by atoms with E-state index in [2.05, 4.69) is 10.6 Å². The van der Waals surface area contributed by atoms with Gasteiger partial charge in [-0.3, -0.25) is 9.32 Å². The van der Waals surface area contributed by atoms with Gasteiger partial charge < -0.3 is 5.32 Å². The summed E-state index contributed by atoms with van der Waals surface area (Å²) in [5.41, 5.74) is 4.17. The zero-order valence-corrected chi connectivity index (χ0v) is 16.5. The third-order valence-corrected chi connectivity index (χ3v) is 5.43. The predicted octanol–water partition coefficient (Wildman–Crippen LogP) is 3.29. The molecule has 2 aromatic carbocycles. The number of H-pyrrole nitrogens is 1. The van der Waals surface area contributed by atoms with Crippen molar-refractivity contribution in [3.05, 3.63) is 69.6 Å². The van der Waals surface area contributed by atoms with Crippen molar-refractivity contribution in [1.82, 2.24) is 5.27 Å². The number of thioether (sulfide) groups is 1. The quantitative estimate of drug-likeness (QED) is 0.523. The number of amides is 1. The number of carbonyl (C=O) groups is 1. The number of aromatic nitrogens is 2. The summed E-state index contributed by atoms with van der Waals surface area (Å²) in [5.74, 6) is -0.173. The largest absolute Gasteiger partial charge is 0.442 e. The number of rotatable bonds is 5. The van der Waals surface area contributed by atoms with Crippen molar-refractivity contribution < 1.29 is 14.0 Å². The Bertz CT molecular complexity index is 1000. The molecule has 27 heavy (non-hydrogen) atoms. The summed E-state index contributed by atoms with van der Waals surface area (Å²) in [5, 5.41) is 5.40. The van der Waals surface area contributed by atoms with E-state index in [1.54, 1.807) is 11.6 Å². The average Bonchev–Trinajstić information content (AvgIpc) is 2.99. The lowest BCUT2D eigenvalue weighted by Gasteiger charge is -2.13. The molecule has 0 aliphatic heterocycles. The van der Waals surface area contributed by atoms with E-state index in [0.29, 0.717) is 5.03 Å². The second-order valence-corrected chi connectivity index (χ2v) is 7.80. The van der Waals surface area contributed by atoms with Gasteiger partial charge in [-0.1, -0.05) is 35.9 Å². The Balaban J connectivity index is 1.81. The topological polar surface area (TPSA) is 79.0 Å². The summed E-state index contributed by atoms with van der Waals surface area (Å²) >= 11 is 1.16. The summed E-state index contributed by atoms with van der Waals surface area (Å²) < 4.78 is 6.50. The highest BCUT2D eigenvalue weighted by atomic mass is 32.2. The SMILES string of the molecule is Cc1ccc(-[n+]2[nH]oc(=O)c2SC(C)C(=O)Nc2c(C)cccc2C)cc1. The predicted molar refractivity (Wildman–Crippen MR) is 105 cm³/mol. The van der Waals surface area contributed by atoms with Crippen molar-refractivity contribution >= 4 is 23.4 Å². The first-order valence-electron chi connectivity index (χ1n) is 8.61. The number of benzene rings is 2. The van der Waals surface area contributed by atoms with Gasteiger partial charge in [-0.15, -0.1) is 0 Å². The van der Waals surface area contributed by atoms with Crippen LogP contribution in [0.1, 0.15) is 23.6 Å². The number of nitrogens with one attached hydrogen (secondary N) is 2. The fourth-order valence-corrected chi connectivity index (χ4v) is 3.57. The third-order valence-electron chi connectivity index (χ3n) is 4.29. The molecule has 0 bridgehead atoms. The molecule has 3 rings (SSSR count). The fourth-order valence-electron chi connectivity index (χ4n) is 2.69. The molecule has 6 nitrogen and oxygen atoms in total. The first-order valence-corrected chi connectivity index (χ1v) is 9.49. The highest BCUT2D eigenvalue weighted by Crippen LogP contribution is 2.23. The van der Waals surface area contributed by atoms with Gasteiger partial charge in [0.05, 0.1) is 5.25 Å². The zero-order valence-electron chi connectivity index (χ0n) is 15.7. The second kappa shape index (κ2) is 7.84. The number of anilines is 1. The molecule has 0 aliphatic carbocycles. The molecule has 1 aromatic heterocycles. The molecule has 0 radical (unpaired) electrons. The van der Waals surface area contributed by atoms with Crippen molar-refractivity contribution in [3.63, 3.8) is 0 Å². The van der Waals surface area contributed by atoms with Gasteiger partial charge in [0.15, 0.2) is 0 Å². The molecular weight excluding hydrogens is 362 g/mol. The Morgan fingerprint density at radius 3 is 2.37 bits per heavy atom. The molecule has 0 saturated carbocycles. The number of hydrogen-bond acceptors (Lipinski definition) is 4. The first-order chi connectivity index (χ1) is 12.9. The van der Waals surface area contributed by atoms with Gasteiger partial charge >= 0.3 is 10.7 Å². The van der Waals surface area contributed by atoms with Crippen molar-refractivity contribution in [3.8, 4) is 5.69 Å². The molecule has 1 atom stereocenters. The monoisotopic (exact) mass is 384 g/mol. The molecule has 0 fully saturated rings. The number of aryl methyl sites for hydroxylation is 3. The summed E-state index contributed by atoms with van der Waals surface area (Å²) in [7, 11) is 0. The summed E-state index contributed by atoms with van der Waals surface area (Å²) in [4.78, 5) is 24.8. The van der Waals surface area contributed by atoms with Crippen LogP contribution in [0.3, 0.4) is 0 Å². The number of nitrogens with zero attached hydrogens (tertiary/aromatic N) is 1. The van der Waals surface area contributed by atoms with Gasteiger partial charge in [0.25, 0.3) is 0 Å². The highest BCUT2D eigenvalue weighted by molar-refractivity contribution is 8.00. The van der Waals surface area contributed by atoms with Crippen molar-refractivity contribution in [2.45, 2.75) is 38.0 Å². The smallest absolute Gasteiger partial charge is 0.325 e. The Labute approximate surface area is 161 Å². The number of hydrogen-bond donors (Lipinski definition) is 2. The van der Waals surface area contributed by atoms with Crippen molar-refractivity contribution in [2.75, 3.05) is 5.32 Å². The molecule has 1 amide bonds. The van der Waals surface area contributed by atoms with Gasteiger partial charge in [0, 0.05) is 17.8 Å². The van der Waals surface area contributed by atoms with E-state index >= 15 is 0 Å². The summed E-state index contributed by atoms with van der Waals surface area (Å²) in [6.45, 7) is 7.65. The fraction of sp³-hybridized carbons (Fsp3) is 0.250. The van der Waals surface area contributed by atoms with Crippen LogP contribution in [0.15, 0.2) is 56.8 Å². The minimum Gasteiger partial charge on any atom is -0.325 e. The maximum absolute atomic E-state index is 12.7. The molecular formula is C20H22N3O3S+. The van der Waals surface area contributed by atoms with Crippen molar-refractivity contribution in [2.24, 2.45) is 0 Å². The number of aromatic amines is 1. The van der Waals surface area contributed by atoms with Crippen LogP contribution < -0.4 is 15.6 Å². The minimum absolute atomic E-state index is 0.173. The van der Waals surface area contributed by atoms with E-state index in [1.165, 1.54) is 0 Å². The lowest BCUT2D eigenvalue weighted by Crippen LogP contribution is -2.37. The normalized spacial score (nSPS) is 12.0. The van der Waals surface area contributed by atoms with E-state index in [4.69, 9.17) is 4.52 Å². The van der Waals surface area contributed by atoms with Crippen LogP contribution in [-0.4, -0.2) is 16.4 Å². The van der Waals surface area contributed by atoms with Gasteiger partial charge in [-0.2, -0.15) is 0 Å². The van der Waals surface area contributed by atoms with Crippen molar-refractivity contribution in [1.29, 1.82) is 0 Å². The Morgan fingerprint density at radius 1 is 1.11 bits per heavy atom. The molecule has 7 heteroatoms. The van der Waals surface area contributed by atoms with Gasteiger partial charge in [-0.25, -0.2) is 4.79 Å². The highest BCUT2D eigenvalue weighted by Gasteiger charge is 2.29. The lowest BCUT2D eigenvalue weighted by molar-refractivity contribution is -0.704. The zero-order chi connectivity index (χ0) is 19.6. The molecule has 1 unspecified atom stereocenters. The van der Waals surface area contributed by atoms with Crippen LogP contribution in [-0.2, 0) is 4.79 Å². The second-order valence-electron chi connectivity index (χ2n) is 6.47. The molecule has 1 heterocycles. The molecule has 0 spiro atoms.